The van der Waals surface area contributed by atoms with E-state index < -0.39 is 5.60 Å². The molecule has 0 saturated carbocycles. The van der Waals surface area contributed by atoms with Crippen molar-refractivity contribution in [3.8, 4) is 12.5 Å². The molecule has 1 N–H and O–H groups in total. The largest absolute Gasteiger partial charge is 0.444 e. The molecule has 0 aromatic heterocycles. The van der Waals surface area contributed by atoms with Crippen molar-refractivity contribution in [2.24, 2.45) is 0 Å². The van der Waals surface area contributed by atoms with E-state index in [1.807, 2.05) is 49.9 Å². The minimum Gasteiger partial charge on any atom is -0.444 e. The van der Waals surface area contributed by atoms with Crippen LogP contribution in [0.25, 0.3) is 0 Å². The smallest absolute Gasteiger partial charge is 0.410 e. The normalized spacial score (nSPS) is 19.2. The SMILES string of the molecule is C#CN1c2ccccc2NCC12CCN(C(=O)OC(C)(C)C)CC2. The van der Waals surface area contributed by atoms with E-state index in [0.29, 0.717) is 13.1 Å². The summed E-state index contributed by atoms with van der Waals surface area (Å²) in [6, 6.07) is 11.0. The van der Waals surface area contributed by atoms with E-state index in [0.717, 1.165) is 30.8 Å². The van der Waals surface area contributed by atoms with Crippen LogP contribution in [0.2, 0.25) is 0 Å². The topological polar surface area (TPSA) is 44.8 Å². The number of hydrogen-bond donors (Lipinski definition) is 1. The van der Waals surface area contributed by atoms with Crippen molar-refractivity contribution < 1.29 is 9.53 Å². The third kappa shape index (κ3) is 3.01. The van der Waals surface area contributed by atoms with Crippen LogP contribution in [0.1, 0.15) is 33.6 Å². The molecule has 5 heteroatoms. The van der Waals surface area contributed by atoms with Gasteiger partial charge in [-0.2, -0.15) is 0 Å². The fourth-order valence-electron chi connectivity index (χ4n) is 3.45. The molecule has 1 aromatic rings. The number of nitrogens with one attached hydrogen (secondary N) is 1. The van der Waals surface area contributed by atoms with Gasteiger partial charge in [0, 0.05) is 25.7 Å². The molecule has 128 valence electrons. The van der Waals surface area contributed by atoms with Crippen molar-refractivity contribution in [1.29, 1.82) is 0 Å². The second-order valence-electron chi connectivity index (χ2n) is 7.53. The first kappa shape index (κ1) is 16.5. The molecule has 5 nitrogen and oxygen atoms in total. The zero-order valence-electron chi connectivity index (χ0n) is 14.6. The van der Waals surface area contributed by atoms with Crippen LogP contribution < -0.4 is 10.2 Å². The van der Waals surface area contributed by atoms with Gasteiger partial charge in [0.25, 0.3) is 0 Å². The summed E-state index contributed by atoms with van der Waals surface area (Å²) in [5, 5.41) is 3.50. The summed E-state index contributed by atoms with van der Waals surface area (Å²) in [4.78, 5) is 16.1. The Balaban J connectivity index is 1.74. The Morgan fingerprint density at radius 3 is 2.58 bits per heavy atom. The molecular weight excluding hydrogens is 302 g/mol. The Bertz CT molecular complexity index is 664. The number of carbonyl (C=O) groups excluding carboxylic acids is 1. The molecule has 3 rings (SSSR count). The predicted octanol–water partition coefficient (Wildman–Crippen LogP) is 3.28. The van der Waals surface area contributed by atoms with E-state index >= 15 is 0 Å². The molecule has 1 saturated heterocycles. The van der Waals surface area contributed by atoms with Gasteiger partial charge in [-0.3, -0.25) is 4.90 Å². The number of anilines is 2. The molecule has 24 heavy (non-hydrogen) atoms. The lowest BCUT2D eigenvalue weighted by Crippen LogP contribution is -2.60. The van der Waals surface area contributed by atoms with E-state index in [9.17, 15) is 4.79 Å². The first-order chi connectivity index (χ1) is 11.3. The Morgan fingerprint density at radius 1 is 1.29 bits per heavy atom. The first-order valence-corrected chi connectivity index (χ1v) is 8.42. The van der Waals surface area contributed by atoms with Gasteiger partial charge >= 0.3 is 6.09 Å². The van der Waals surface area contributed by atoms with Gasteiger partial charge in [0.1, 0.15) is 5.60 Å². The molecule has 2 heterocycles. The Kier molecular flexibility index (Phi) is 4.08. The van der Waals surface area contributed by atoms with Crippen LogP contribution in [0.5, 0.6) is 0 Å². The first-order valence-electron chi connectivity index (χ1n) is 8.42. The van der Waals surface area contributed by atoms with E-state index in [4.69, 9.17) is 11.2 Å². The van der Waals surface area contributed by atoms with Crippen LogP contribution in [-0.2, 0) is 4.74 Å². The number of para-hydroxylation sites is 2. The average molecular weight is 327 g/mol. The highest BCUT2D eigenvalue weighted by Crippen LogP contribution is 2.40. The summed E-state index contributed by atoms with van der Waals surface area (Å²) in [6.07, 6.45) is 7.24. The second-order valence-corrected chi connectivity index (χ2v) is 7.53. The number of likely N-dealkylation sites (tertiary alicyclic amines) is 1. The minimum absolute atomic E-state index is 0.151. The van der Waals surface area contributed by atoms with E-state index in [2.05, 4.69) is 11.4 Å². The zero-order chi connectivity index (χ0) is 17.4. The fourth-order valence-corrected chi connectivity index (χ4v) is 3.45. The summed E-state index contributed by atoms with van der Waals surface area (Å²) < 4.78 is 5.48. The molecule has 0 atom stereocenters. The third-order valence-electron chi connectivity index (χ3n) is 4.70. The van der Waals surface area contributed by atoms with E-state index in [1.165, 1.54) is 0 Å². The van der Waals surface area contributed by atoms with Crippen molar-refractivity contribution >= 4 is 17.5 Å². The number of nitrogens with zero attached hydrogens (tertiary/aromatic N) is 2. The van der Waals surface area contributed by atoms with Crippen molar-refractivity contribution in [3.05, 3.63) is 24.3 Å². The number of amides is 1. The lowest BCUT2D eigenvalue weighted by molar-refractivity contribution is 0.0173. The van der Waals surface area contributed by atoms with Crippen LogP contribution in [0, 0.1) is 12.5 Å². The summed E-state index contributed by atoms with van der Waals surface area (Å²) in [5.74, 6) is 0. The fraction of sp³-hybridized carbons (Fsp3) is 0.526. The number of benzene rings is 1. The van der Waals surface area contributed by atoms with Gasteiger partial charge in [-0.1, -0.05) is 18.6 Å². The number of piperidine rings is 1. The van der Waals surface area contributed by atoms with Crippen molar-refractivity contribution in [1.82, 2.24) is 4.90 Å². The van der Waals surface area contributed by atoms with Gasteiger partial charge in [0.05, 0.1) is 16.9 Å². The highest BCUT2D eigenvalue weighted by Gasteiger charge is 2.44. The van der Waals surface area contributed by atoms with Gasteiger partial charge in [-0.25, -0.2) is 4.79 Å². The van der Waals surface area contributed by atoms with Crippen LogP contribution in [0.4, 0.5) is 16.2 Å². The Hall–Kier alpha value is -2.35. The van der Waals surface area contributed by atoms with Crippen LogP contribution >= 0.6 is 0 Å². The van der Waals surface area contributed by atoms with Crippen molar-refractivity contribution in [2.45, 2.75) is 44.8 Å². The molecule has 1 amide bonds. The number of terminal acetylenes is 1. The van der Waals surface area contributed by atoms with Gasteiger partial charge < -0.3 is 15.0 Å². The molecule has 0 radical (unpaired) electrons. The van der Waals surface area contributed by atoms with Gasteiger partial charge in [-0.15, -0.1) is 0 Å². The lowest BCUT2D eigenvalue weighted by atomic mass is 9.83. The summed E-state index contributed by atoms with van der Waals surface area (Å²) in [6.45, 7) is 7.75. The van der Waals surface area contributed by atoms with Crippen LogP contribution in [0.3, 0.4) is 0 Å². The second kappa shape index (κ2) is 5.94. The number of carbonyl (C=O) groups is 1. The molecule has 2 aliphatic rings. The van der Waals surface area contributed by atoms with Gasteiger partial charge in [-0.05, 0) is 45.7 Å². The molecule has 1 fully saturated rings. The molecule has 0 unspecified atom stereocenters. The molecule has 0 bridgehead atoms. The molecular formula is C19H25N3O2. The summed E-state index contributed by atoms with van der Waals surface area (Å²) in [5.41, 5.74) is 1.48. The number of fused-ring (bicyclic) bond motifs is 1. The molecule has 0 aliphatic carbocycles. The maximum absolute atomic E-state index is 12.3. The lowest BCUT2D eigenvalue weighted by Gasteiger charge is -2.50. The van der Waals surface area contributed by atoms with Crippen LogP contribution in [-0.4, -0.2) is 41.8 Å². The van der Waals surface area contributed by atoms with E-state index in [-0.39, 0.29) is 11.6 Å². The van der Waals surface area contributed by atoms with Crippen molar-refractivity contribution in [2.75, 3.05) is 29.9 Å². The van der Waals surface area contributed by atoms with Gasteiger partial charge in [0.2, 0.25) is 0 Å². The zero-order valence-corrected chi connectivity index (χ0v) is 14.6. The highest BCUT2D eigenvalue weighted by atomic mass is 16.6. The standard InChI is InChI=1S/C19H25N3O2/c1-5-22-16-9-7-6-8-15(16)20-14-19(22)10-12-21(13-11-19)17(23)24-18(2,3)4/h1,6-9,20H,10-14H2,2-4H3. The Morgan fingerprint density at radius 2 is 1.96 bits per heavy atom. The number of ether oxygens (including phenoxy) is 1. The quantitative estimate of drug-likeness (QED) is 0.743. The van der Waals surface area contributed by atoms with E-state index in [1.54, 1.807) is 4.90 Å². The molecule has 1 aromatic carbocycles. The molecule has 2 aliphatic heterocycles. The predicted molar refractivity (Wildman–Crippen MR) is 96.0 cm³/mol. The number of rotatable bonds is 0. The maximum atomic E-state index is 12.3. The van der Waals surface area contributed by atoms with Crippen LogP contribution in [0.15, 0.2) is 24.3 Å². The molecule has 1 spiro atoms. The van der Waals surface area contributed by atoms with Gasteiger partial charge in [0.15, 0.2) is 0 Å². The average Bonchev–Trinajstić information content (AvgIpc) is 2.54. The summed E-state index contributed by atoms with van der Waals surface area (Å²) >= 11 is 0. The minimum atomic E-state index is -0.470. The Labute approximate surface area is 144 Å². The monoisotopic (exact) mass is 327 g/mol. The maximum Gasteiger partial charge on any atom is 0.410 e. The highest BCUT2D eigenvalue weighted by molar-refractivity contribution is 5.76. The van der Waals surface area contributed by atoms with Crippen molar-refractivity contribution in [3.63, 3.8) is 0 Å². The third-order valence-corrected chi connectivity index (χ3v) is 4.70. The summed E-state index contributed by atoms with van der Waals surface area (Å²) in [7, 11) is 0. The number of hydrogen-bond acceptors (Lipinski definition) is 4.